The Morgan fingerprint density at radius 2 is 1.81 bits per heavy atom. The first-order chi connectivity index (χ1) is 15.3. The topological polar surface area (TPSA) is 156 Å². The van der Waals surface area contributed by atoms with Crippen LogP contribution in [0.4, 0.5) is 28.7 Å². The molecule has 0 spiro atoms. The molecule has 1 heterocycles. The zero-order valence-corrected chi connectivity index (χ0v) is 17.2. The smallest absolute Gasteiger partial charge is 0.321 e. The van der Waals surface area contributed by atoms with E-state index in [4.69, 9.17) is 0 Å². The minimum atomic E-state index is -0.728. The van der Waals surface area contributed by atoms with Gasteiger partial charge in [0.05, 0.1) is 9.85 Å². The largest absolute Gasteiger partial charge is 0.355 e. The molecule has 0 unspecified atom stereocenters. The Morgan fingerprint density at radius 1 is 1.06 bits per heavy atom. The molecule has 3 rings (SSSR count). The highest BCUT2D eigenvalue weighted by molar-refractivity contribution is 5.95. The monoisotopic (exact) mass is 437 g/mol. The number of amides is 1. The number of aromatic nitrogens is 2. The van der Waals surface area contributed by atoms with Crippen LogP contribution in [0.15, 0.2) is 54.9 Å². The number of nitro benzene ring substituents is 1. The standard InChI is InChI=1S/C20H19N7O5/c1-3-25(15-8-4-6-13(2)10-15)19-17(27(31)32)18(21-12-22-19)23-24-20(28)14-7-5-9-16(11-14)26(29)30/h4-12H,3H2,1-2H3,(H,24,28)(H,21,22,23). The SMILES string of the molecule is CCN(c1cccc(C)c1)c1ncnc(NNC(=O)c2cccc([N+](=O)[O-])c2)c1[N+](=O)[O-]. The molecular weight excluding hydrogens is 418 g/mol. The number of nitrogens with one attached hydrogen (secondary N) is 2. The van der Waals surface area contributed by atoms with E-state index in [0.29, 0.717) is 12.2 Å². The lowest BCUT2D eigenvalue weighted by Crippen LogP contribution is -2.30. The second-order valence-corrected chi connectivity index (χ2v) is 6.62. The first kappa shape index (κ1) is 22.1. The summed E-state index contributed by atoms with van der Waals surface area (Å²) in [4.78, 5) is 43.5. The fourth-order valence-corrected chi connectivity index (χ4v) is 3.03. The first-order valence-corrected chi connectivity index (χ1v) is 9.46. The van der Waals surface area contributed by atoms with Crippen LogP contribution in [0.3, 0.4) is 0 Å². The molecule has 0 aliphatic rings. The summed E-state index contributed by atoms with van der Waals surface area (Å²) in [6, 6.07) is 12.5. The summed E-state index contributed by atoms with van der Waals surface area (Å²) in [5, 5.41) is 22.8. The molecule has 1 amide bonds. The number of hydrogen-bond donors (Lipinski definition) is 2. The lowest BCUT2D eigenvalue weighted by Gasteiger charge is -2.22. The summed E-state index contributed by atoms with van der Waals surface area (Å²) in [5.74, 6) is -0.913. The zero-order valence-electron chi connectivity index (χ0n) is 17.2. The minimum Gasteiger partial charge on any atom is -0.321 e. The third-order valence-electron chi connectivity index (χ3n) is 4.48. The molecule has 0 bridgehead atoms. The first-order valence-electron chi connectivity index (χ1n) is 9.46. The number of nitro groups is 2. The molecule has 12 nitrogen and oxygen atoms in total. The molecule has 0 saturated heterocycles. The second kappa shape index (κ2) is 9.47. The van der Waals surface area contributed by atoms with Crippen LogP contribution in [0.1, 0.15) is 22.8 Å². The Bertz CT molecular complexity index is 1180. The van der Waals surface area contributed by atoms with Gasteiger partial charge in [0.2, 0.25) is 11.6 Å². The van der Waals surface area contributed by atoms with Crippen LogP contribution in [-0.2, 0) is 0 Å². The van der Waals surface area contributed by atoms with Gasteiger partial charge in [0.1, 0.15) is 6.33 Å². The Morgan fingerprint density at radius 3 is 2.47 bits per heavy atom. The highest BCUT2D eigenvalue weighted by Crippen LogP contribution is 2.35. The van der Waals surface area contributed by atoms with Crippen molar-refractivity contribution >= 4 is 34.6 Å². The van der Waals surface area contributed by atoms with Gasteiger partial charge in [-0.05, 0) is 37.6 Å². The maximum Gasteiger partial charge on any atom is 0.355 e. The summed E-state index contributed by atoms with van der Waals surface area (Å²) in [6.07, 6.45) is 1.14. The molecule has 0 radical (unpaired) electrons. The molecule has 0 aliphatic heterocycles. The van der Waals surface area contributed by atoms with Gasteiger partial charge in [-0.1, -0.05) is 18.2 Å². The number of aryl methyl sites for hydroxylation is 1. The van der Waals surface area contributed by atoms with E-state index in [2.05, 4.69) is 20.8 Å². The van der Waals surface area contributed by atoms with Crippen molar-refractivity contribution in [3.05, 3.63) is 86.2 Å². The summed E-state index contributed by atoms with van der Waals surface area (Å²) < 4.78 is 0. The molecule has 2 aromatic carbocycles. The average molecular weight is 437 g/mol. The van der Waals surface area contributed by atoms with Crippen molar-refractivity contribution < 1.29 is 14.6 Å². The fourth-order valence-electron chi connectivity index (χ4n) is 3.03. The van der Waals surface area contributed by atoms with Crippen LogP contribution in [0.5, 0.6) is 0 Å². The zero-order chi connectivity index (χ0) is 23.3. The van der Waals surface area contributed by atoms with Gasteiger partial charge in [-0.15, -0.1) is 0 Å². The summed E-state index contributed by atoms with van der Waals surface area (Å²) in [5.41, 5.74) is 5.71. The van der Waals surface area contributed by atoms with Gasteiger partial charge in [0.25, 0.3) is 11.6 Å². The van der Waals surface area contributed by atoms with Crippen molar-refractivity contribution in [2.24, 2.45) is 0 Å². The van der Waals surface area contributed by atoms with E-state index in [0.717, 1.165) is 18.0 Å². The lowest BCUT2D eigenvalue weighted by atomic mass is 10.2. The normalized spacial score (nSPS) is 10.3. The molecule has 32 heavy (non-hydrogen) atoms. The summed E-state index contributed by atoms with van der Waals surface area (Å²) in [7, 11) is 0. The van der Waals surface area contributed by atoms with Crippen molar-refractivity contribution in [3.63, 3.8) is 0 Å². The molecule has 0 saturated carbocycles. The predicted octanol–water partition coefficient (Wildman–Crippen LogP) is 3.52. The van der Waals surface area contributed by atoms with Gasteiger partial charge in [0.15, 0.2) is 0 Å². The molecule has 164 valence electrons. The Hall–Kier alpha value is -4.61. The Labute approximate surface area is 182 Å². The number of carbonyl (C=O) groups is 1. The van der Waals surface area contributed by atoms with Gasteiger partial charge in [-0.3, -0.25) is 35.9 Å². The number of hydrazine groups is 1. The summed E-state index contributed by atoms with van der Waals surface area (Å²) >= 11 is 0. The van der Waals surface area contributed by atoms with Crippen molar-refractivity contribution in [2.45, 2.75) is 13.8 Å². The van der Waals surface area contributed by atoms with Crippen molar-refractivity contribution in [1.29, 1.82) is 0 Å². The van der Waals surface area contributed by atoms with Gasteiger partial charge in [-0.25, -0.2) is 9.97 Å². The lowest BCUT2D eigenvalue weighted by molar-refractivity contribution is -0.384. The third-order valence-corrected chi connectivity index (χ3v) is 4.48. The fraction of sp³-hybridized carbons (Fsp3) is 0.150. The maximum atomic E-state index is 12.4. The molecule has 0 fully saturated rings. The van der Waals surface area contributed by atoms with E-state index >= 15 is 0 Å². The third kappa shape index (κ3) is 4.75. The quantitative estimate of drug-likeness (QED) is 0.397. The number of nitrogens with zero attached hydrogens (tertiary/aromatic N) is 5. The number of non-ortho nitro benzene ring substituents is 1. The number of carbonyl (C=O) groups excluding carboxylic acids is 1. The highest BCUT2D eigenvalue weighted by Gasteiger charge is 2.28. The van der Waals surface area contributed by atoms with Crippen LogP contribution in [0.25, 0.3) is 0 Å². The van der Waals surface area contributed by atoms with Gasteiger partial charge in [0, 0.05) is 29.9 Å². The van der Waals surface area contributed by atoms with Crippen LogP contribution in [-0.4, -0.2) is 32.3 Å². The number of hydrogen-bond acceptors (Lipinski definition) is 9. The average Bonchev–Trinajstić information content (AvgIpc) is 2.78. The van der Waals surface area contributed by atoms with Crippen molar-refractivity contribution in [2.75, 3.05) is 16.9 Å². The van der Waals surface area contributed by atoms with Crippen LogP contribution >= 0.6 is 0 Å². The minimum absolute atomic E-state index is 0.00132. The number of benzene rings is 2. The van der Waals surface area contributed by atoms with E-state index in [1.807, 2.05) is 32.0 Å². The van der Waals surface area contributed by atoms with Crippen LogP contribution in [0.2, 0.25) is 0 Å². The van der Waals surface area contributed by atoms with Gasteiger partial charge in [-0.2, -0.15) is 0 Å². The van der Waals surface area contributed by atoms with E-state index < -0.39 is 21.4 Å². The van der Waals surface area contributed by atoms with E-state index in [1.165, 1.54) is 18.2 Å². The molecule has 3 aromatic rings. The summed E-state index contributed by atoms with van der Waals surface area (Å²) in [6.45, 7) is 4.12. The second-order valence-electron chi connectivity index (χ2n) is 6.62. The molecule has 12 heteroatoms. The van der Waals surface area contributed by atoms with E-state index in [1.54, 1.807) is 11.0 Å². The van der Waals surface area contributed by atoms with Gasteiger partial charge < -0.3 is 4.90 Å². The number of anilines is 3. The maximum absolute atomic E-state index is 12.4. The van der Waals surface area contributed by atoms with Crippen molar-refractivity contribution in [1.82, 2.24) is 15.4 Å². The predicted molar refractivity (Wildman–Crippen MR) is 117 cm³/mol. The van der Waals surface area contributed by atoms with Crippen LogP contribution < -0.4 is 15.8 Å². The van der Waals surface area contributed by atoms with Crippen LogP contribution in [0, 0.1) is 27.2 Å². The van der Waals surface area contributed by atoms with Crippen molar-refractivity contribution in [3.8, 4) is 0 Å². The highest BCUT2D eigenvalue weighted by atomic mass is 16.6. The molecule has 0 atom stereocenters. The number of rotatable bonds is 8. The molecule has 2 N–H and O–H groups in total. The van der Waals surface area contributed by atoms with E-state index in [-0.39, 0.29) is 22.9 Å². The molecule has 1 aromatic heterocycles. The van der Waals surface area contributed by atoms with Gasteiger partial charge >= 0.3 is 5.69 Å². The van der Waals surface area contributed by atoms with E-state index in [9.17, 15) is 25.0 Å². The molecule has 0 aliphatic carbocycles. The Kier molecular flexibility index (Phi) is 6.53. The molecular formula is C20H19N7O5. The Balaban J connectivity index is 1.91.